The van der Waals surface area contributed by atoms with Gasteiger partial charge in [0.1, 0.15) is 5.82 Å². The Morgan fingerprint density at radius 2 is 1.78 bits per heavy atom. The van der Waals surface area contributed by atoms with Gasteiger partial charge in [-0.1, -0.05) is 50.2 Å². The van der Waals surface area contributed by atoms with Crippen molar-refractivity contribution in [3.63, 3.8) is 0 Å². The van der Waals surface area contributed by atoms with Gasteiger partial charge in [0.25, 0.3) is 0 Å². The van der Waals surface area contributed by atoms with E-state index in [4.69, 9.17) is 0 Å². The summed E-state index contributed by atoms with van der Waals surface area (Å²) in [4.78, 5) is 9.24. The van der Waals surface area contributed by atoms with Crippen molar-refractivity contribution in [1.82, 2.24) is 9.97 Å². The van der Waals surface area contributed by atoms with Crippen LogP contribution < -0.4 is 10.6 Å². The molecule has 0 saturated carbocycles. The highest BCUT2D eigenvalue weighted by Crippen LogP contribution is 2.26. The summed E-state index contributed by atoms with van der Waals surface area (Å²) in [5, 5.41) is 7.55. The summed E-state index contributed by atoms with van der Waals surface area (Å²) in [5.74, 6) is 1.98. The van der Waals surface area contributed by atoms with Gasteiger partial charge in [-0.2, -0.15) is 4.98 Å². The first-order valence-electron chi connectivity index (χ1n) is 7.94. The van der Waals surface area contributed by atoms with E-state index in [1.165, 1.54) is 11.1 Å². The van der Waals surface area contributed by atoms with Gasteiger partial charge in [0.05, 0.1) is 5.52 Å². The van der Waals surface area contributed by atoms with E-state index in [0.717, 1.165) is 16.7 Å². The molecule has 0 amide bonds. The van der Waals surface area contributed by atoms with Crippen molar-refractivity contribution in [1.29, 1.82) is 0 Å². The fourth-order valence-corrected chi connectivity index (χ4v) is 2.55. The third kappa shape index (κ3) is 3.42. The number of hydrogen-bond acceptors (Lipinski definition) is 4. The summed E-state index contributed by atoms with van der Waals surface area (Å²) in [6.07, 6.45) is 0. The van der Waals surface area contributed by atoms with Crippen LogP contribution in [0.5, 0.6) is 0 Å². The molecule has 0 aliphatic heterocycles. The largest absolute Gasteiger partial charge is 0.372 e. The molecule has 23 heavy (non-hydrogen) atoms. The lowest BCUT2D eigenvalue weighted by Crippen LogP contribution is -2.06. The minimum Gasteiger partial charge on any atom is -0.372 e. The van der Waals surface area contributed by atoms with Gasteiger partial charge in [-0.25, -0.2) is 4.98 Å². The maximum atomic E-state index is 4.64. The van der Waals surface area contributed by atoms with Crippen LogP contribution in [0.3, 0.4) is 0 Å². The Labute approximate surface area is 137 Å². The van der Waals surface area contributed by atoms with Gasteiger partial charge in [0.2, 0.25) is 5.95 Å². The van der Waals surface area contributed by atoms with Crippen molar-refractivity contribution in [2.45, 2.75) is 26.3 Å². The van der Waals surface area contributed by atoms with Gasteiger partial charge in [-0.15, -0.1) is 0 Å². The molecule has 3 aromatic rings. The molecule has 1 aromatic heterocycles. The molecule has 0 aliphatic carbocycles. The highest BCUT2D eigenvalue weighted by atomic mass is 15.1. The second-order valence-corrected chi connectivity index (χ2v) is 5.92. The van der Waals surface area contributed by atoms with Gasteiger partial charge in [0.15, 0.2) is 0 Å². The first-order valence-corrected chi connectivity index (χ1v) is 7.94. The molecule has 0 saturated heterocycles. The molecule has 0 spiro atoms. The van der Waals surface area contributed by atoms with E-state index in [2.05, 4.69) is 64.8 Å². The zero-order valence-electron chi connectivity index (χ0n) is 13.8. The molecule has 118 valence electrons. The van der Waals surface area contributed by atoms with E-state index in [9.17, 15) is 0 Å². The third-order valence-electron chi connectivity index (χ3n) is 3.92. The second-order valence-electron chi connectivity index (χ2n) is 5.92. The van der Waals surface area contributed by atoms with Crippen LogP contribution in [-0.2, 0) is 6.54 Å². The van der Waals surface area contributed by atoms with Crippen LogP contribution in [0.2, 0.25) is 0 Å². The second kappa shape index (κ2) is 6.65. The summed E-state index contributed by atoms with van der Waals surface area (Å²) >= 11 is 0. The normalized spacial score (nSPS) is 11.0. The fourth-order valence-electron chi connectivity index (χ4n) is 2.55. The van der Waals surface area contributed by atoms with Crippen LogP contribution in [0, 0.1) is 0 Å². The highest BCUT2D eigenvalue weighted by molar-refractivity contribution is 5.90. The Morgan fingerprint density at radius 1 is 1.00 bits per heavy atom. The number of nitrogens with one attached hydrogen (secondary N) is 2. The Hall–Kier alpha value is -2.62. The molecule has 0 fully saturated rings. The highest BCUT2D eigenvalue weighted by Gasteiger charge is 2.09. The molecule has 3 rings (SSSR count). The van der Waals surface area contributed by atoms with E-state index in [-0.39, 0.29) is 0 Å². The molecule has 2 aromatic carbocycles. The fraction of sp³-hybridized carbons (Fsp3) is 0.263. The topological polar surface area (TPSA) is 49.8 Å². The lowest BCUT2D eigenvalue weighted by atomic mass is 10.0. The van der Waals surface area contributed by atoms with E-state index >= 15 is 0 Å². The summed E-state index contributed by atoms with van der Waals surface area (Å²) in [7, 11) is 1.89. The number of benzene rings is 2. The van der Waals surface area contributed by atoms with Gasteiger partial charge >= 0.3 is 0 Å². The van der Waals surface area contributed by atoms with Gasteiger partial charge < -0.3 is 10.6 Å². The molecule has 0 unspecified atom stereocenters. The summed E-state index contributed by atoms with van der Waals surface area (Å²) in [5.41, 5.74) is 3.45. The smallest absolute Gasteiger partial charge is 0.225 e. The van der Waals surface area contributed by atoms with Crippen molar-refractivity contribution < 1.29 is 0 Å². The van der Waals surface area contributed by atoms with Crippen LogP contribution in [0.25, 0.3) is 10.9 Å². The maximum absolute atomic E-state index is 4.64. The van der Waals surface area contributed by atoms with Crippen molar-refractivity contribution in [3.8, 4) is 0 Å². The lowest BCUT2D eigenvalue weighted by Gasteiger charge is -2.12. The summed E-state index contributed by atoms with van der Waals surface area (Å²) in [6.45, 7) is 5.09. The monoisotopic (exact) mass is 306 g/mol. The Kier molecular flexibility index (Phi) is 4.42. The number of anilines is 2. The summed E-state index contributed by atoms with van der Waals surface area (Å²) in [6, 6.07) is 16.6. The molecule has 0 bridgehead atoms. The predicted octanol–water partition coefficient (Wildman–Crippen LogP) is 4.41. The molecule has 4 heteroatoms. The van der Waals surface area contributed by atoms with Crippen molar-refractivity contribution >= 4 is 22.7 Å². The zero-order chi connectivity index (χ0) is 16.2. The van der Waals surface area contributed by atoms with Crippen molar-refractivity contribution in [2.75, 3.05) is 17.7 Å². The first-order chi connectivity index (χ1) is 11.2. The number of aromatic nitrogens is 2. The molecular formula is C19H22N4. The van der Waals surface area contributed by atoms with Crippen molar-refractivity contribution in [3.05, 3.63) is 59.7 Å². The van der Waals surface area contributed by atoms with E-state index < -0.39 is 0 Å². The third-order valence-corrected chi connectivity index (χ3v) is 3.92. The Bertz CT molecular complexity index is 797. The minimum atomic E-state index is 0.486. The molecule has 2 N–H and O–H groups in total. The molecular weight excluding hydrogens is 284 g/mol. The standard InChI is InChI=1S/C19H22N4/c1-13(2)15-9-10-17-16(11-15)18(20-3)23-19(22-17)21-12-14-7-5-4-6-8-14/h4-11,13H,12H2,1-3H3,(H2,20,21,22,23). The Balaban J connectivity index is 1.91. The van der Waals surface area contributed by atoms with Crippen LogP contribution in [0.1, 0.15) is 30.9 Å². The average Bonchev–Trinajstić information content (AvgIpc) is 2.59. The summed E-state index contributed by atoms with van der Waals surface area (Å²) < 4.78 is 0. The lowest BCUT2D eigenvalue weighted by molar-refractivity contribution is 0.868. The van der Waals surface area contributed by atoms with Crippen molar-refractivity contribution in [2.24, 2.45) is 0 Å². The zero-order valence-corrected chi connectivity index (χ0v) is 13.8. The molecule has 4 nitrogen and oxygen atoms in total. The van der Waals surface area contributed by atoms with Gasteiger partial charge in [0, 0.05) is 19.0 Å². The number of nitrogens with zero attached hydrogens (tertiary/aromatic N) is 2. The molecule has 0 radical (unpaired) electrons. The SMILES string of the molecule is CNc1nc(NCc2ccccc2)nc2ccc(C(C)C)cc12. The van der Waals surface area contributed by atoms with E-state index in [0.29, 0.717) is 18.4 Å². The average molecular weight is 306 g/mol. The molecule has 0 atom stereocenters. The van der Waals surface area contributed by atoms with Crippen LogP contribution >= 0.6 is 0 Å². The number of fused-ring (bicyclic) bond motifs is 1. The quantitative estimate of drug-likeness (QED) is 0.733. The molecule has 0 aliphatic rings. The van der Waals surface area contributed by atoms with E-state index in [1.54, 1.807) is 0 Å². The van der Waals surface area contributed by atoms with Gasteiger partial charge in [-0.3, -0.25) is 0 Å². The van der Waals surface area contributed by atoms with Crippen LogP contribution in [0.4, 0.5) is 11.8 Å². The Morgan fingerprint density at radius 3 is 2.48 bits per heavy atom. The maximum Gasteiger partial charge on any atom is 0.225 e. The predicted molar refractivity (Wildman–Crippen MR) is 96.9 cm³/mol. The first kappa shape index (κ1) is 15.3. The number of rotatable bonds is 5. The van der Waals surface area contributed by atoms with Crippen LogP contribution in [0.15, 0.2) is 48.5 Å². The molecule has 1 heterocycles. The van der Waals surface area contributed by atoms with E-state index in [1.807, 2.05) is 25.2 Å². The number of hydrogen-bond donors (Lipinski definition) is 2. The van der Waals surface area contributed by atoms with Gasteiger partial charge in [-0.05, 0) is 29.2 Å². The minimum absolute atomic E-state index is 0.486. The van der Waals surface area contributed by atoms with Crippen LogP contribution in [-0.4, -0.2) is 17.0 Å².